The normalized spacial score (nSPS) is 12.0. The molecule has 7 nitrogen and oxygen atoms in total. The highest BCUT2D eigenvalue weighted by atomic mass is 35.5. The fourth-order valence-electron chi connectivity index (χ4n) is 4.24. The Bertz CT molecular complexity index is 1340. The number of sulfonamides is 1. The fourth-order valence-corrected chi connectivity index (χ4v) is 5.46. The largest absolute Gasteiger partial charge is 0.355 e. The third-order valence-corrected chi connectivity index (χ3v) is 7.85. The number of carbonyl (C=O) groups is 2. The van der Waals surface area contributed by atoms with E-state index in [0.717, 1.165) is 17.4 Å². The van der Waals surface area contributed by atoms with Gasteiger partial charge in [0.25, 0.3) is 0 Å². The highest BCUT2D eigenvalue weighted by Gasteiger charge is 2.30. The zero-order valence-corrected chi connectivity index (χ0v) is 24.3. The van der Waals surface area contributed by atoms with Crippen molar-refractivity contribution in [3.8, 4) is 0 Å². The van der Waals surface area contributed by atoms with Crippen molar-refractivity contribution < 1.29 is 18.0 Å². The zero-order valence-electron chi connectivity index (χ0n) is 22.0. The van der Waals surface area contributed by atoms with Gasteiger partial charge in [0.2, 0.25) is 21.8 Å². The predicted molar refractivity (Wildman–Crippen MR) is 157 cm³/mol. The summed E-state index contributed by atoms with van der Waals surface area (Å²) in [5, 5.41) is 3.93. The molecular weight excluding hydrogens is 557 g/mol. The van der Waals surface area contributed by atoms with Crippen molar-refractivity contribution >= 4 is 50.7 Å². The molecule has 0 aromatic heterocycles. The van der Waals surface area contributed by atoms with Crippen LogP contribution >= 0.6 is 23.2 Å². The van der Waals surface area contributed by atoms with Gasteiger partial charge in [-0.15, -0.1) is 0 Å². The minimum Gasteiger partial charge on any atom is -0.355 e. The number of likely N-dealkylation sites (N-methyl/N-ethyl adjacent to an activating group) is 1. The number of benzene rings is 3. The van der Waals surface area contributed by atoms with Crippen molar-refractivity contribution in [1.29, 1.82) is 0 Å². The molecular formula is C29H33Cl2N3O4S. The summed E-state index contributed by atoms with van der Waals surface area (Å²) in [4.78, 5) is 28.5. The van der Waals surface area contributed by atoms with Crippen LogP contribution in [-0.4, -0.2) is 50.5 Å². The van der Waals surface area contributed by atoms with E-state index >= 15 is 0 Å². The molecule has 0 heterocycles. The summed E-state index contributed by atoms with van der Waals surface area (Å²) < 4.78 is 26.3. The Hall–Kier alpha value is -3.07. The topological polar surface area (TPSA) is 86.8 Å². The Morgan fingerprint density at radius 2 is 1.46 bits per heavy atom. The second-order valence-electron chi connectivity index (χ2n) is 9.16. The predicted octanol–water partition coefficient (Wildman–Crippen LogP) is 5.32. The van der Waals surface area contributed by atoms with Gasteiger partial charge in [-0.3, -0.25) is 13.9 Å². The van der Waals surface area contributed by atoms with Crippen LogP contribution in [-0.2, 0) is 32.6 Å². The molecule has 0 spiro atoms. The summed E-state index contributed by atoms with van der Waals surface area (Å²) in [7, 11) is -3.59. The minimum absolute atomic E-state index is 0.0535. The lowest BCUT2D eigenvalue weighted by molar-refractivity contribution is -0.141. The number of halogens is 2. The maximum absolute atomic E-state index is 13.7. The van der Waals surface area contributed by atoms with Gasteiger partial charge in [-0.25, -0.2) is 8.42 Å². The molecule has 0 aliphatic rings. The van der Waals surface area contributed by atoms with Crippen LogP contribution in [0.1, 0.15) is 30.9 Å². The lowest BCUT2D eigenvalue weighted by Gasteiger charge is -2.32. The van der Waals surface area contributed by atoms with Gasteiger partial charge in [0.15, 0.2) is 0 Å². The van der Waals surface area contributed by atoms with E-state index in [2.05, 4.69) is 5.32 Å². The van der Waals surface area contributed by atoms with Crippen molar-refractivity contribution in [3.05, 3.63) is 100 Å². The molecule has 3 aromatic rings. The first-order valence-electron chi connectivity index (χ1n) is 12.7. The first kappa shape index (κ1) is 30.5. The van der Waals surface area contributed by atoms with E-state index in [9.17, 15) is 18.0 Å². The van der Waals surface area contributed by atoms with Crippen molar-refractivity contribution in [1.82, 2.24) is 10.2 Å². The molecule has 0 aliphatic heterocycles. The van der Waals surface area contributed by atoms with E-state index in [0.29, 0.717) is 28.7 Å². The Morgan fingerprint density at radius 1 is 0.872 bits per heavy atom. The highest BCUT2D eigenvalue weighted by molar-refractivity contribution is 7.92. The number of rotatable bonds is 13. The van der Waals surface area contributed by atoms with E-state index in [-0.39, 0.29) is 37.7 Å². The molecule has 0 saturated heterocycles. The van der Waals surface area contributed by atoms with Crippen LogP contribution in [0.15, 0.2) is 78.9 Å². The van der Waals surface area contributed by atoms with Crippen LogP contribution in [0.2, 0.25) is 10.0 Å². The number of anilines is 1. The van der Waals surface area contributed by atoms with Gasteiger partial charge in [-0.1, -0.05) is 65.7 Å². The molecule has 1 atom stereocenters. The first-order valence-corrected chi connectivity index (χ1v) is 15.3. The number of amides is 2. The van der Waals surface area contributed by atoms with E-state index in [4.69, 9.17) is 23.2 Å². The molecule has 39 heavy (non-hydrogen) atoms. The maximum atomic E-state index is 13.7. The number of nitrogens with zero attached hydrogens (tertiary/aromatic N) is 2. The van der Waals surface area contributed by atoms with E-state index in [1.807, 2.05) is 49.4 Å². The van der Waals surface area contributed by atoms with Crippen LogP contribution < -0.4 is 9.62 Å². The van der Waals surface area contributed by atoms with Gasteiger partial charge in [-0.2, -0.15) is 0 Å². The van der Waals surface area contributed by atoms with Crippen LogP contribution in [0, 0.1) is 0 Å². The van der Waals surface area contributed by atoms with Crippen molar-refractivity contribution in [2.75, 3.05) is 23.7 Å². The summed E-state index contributed by atoms with van der Waals surface area (Å²) in [6.07, 6.45) is 1.78. The maximum Gasteiger partial charge on any atom is 0.243 e. The van der Waals surface area contributed by atoms with Crippen molar-refractivity contribution in [2.24, 2.45) is 0 Å². The van der Waals surface area contributed by atoms with Gasteiger partial charge in [0, 0.05) is 42.5 Å². The Kier molecular flexibility index (Phi) is 11.2. The smallest absolute Gasteiger partial charge is 0.243 e. The van der Waals surface area contributed by atoms with Crippen LogP contribution in [0.25, 0.3) is 0 Å². The second-order valence-corrected chi connectivity index (χ2v) is 11.9. The summed E-state index contributed by atoms with van der Waals surface area (Å²) in [6, 6.07) is 22.4. The number of carbonyl (C=O) groups excluding carboxylic acids is 2. The Balaban J connectivity index is 1.85. The molecule has 10 heteroatoms. The number of hydrogen-bond donors (Lipinski definition) is 1. The lowest BCUT2D eigenvalue weighted by atomic mass is 10.0. The highest BCUT2D eigenvalue weighted by Crippen LogP contribution is 2.22. The van der Waals surface area contributed by atoms with Gasteiger partial charge in [0.1, 0.15) is 6.04 Å². The quantitative estimate of drug-likeness (QED) is 0.292. The van der Waals surface area contributed by atoms with E-state index < -0.39 is 16.1 Å². The summed E-state index contributed by atoms with van der Waals surface area (Å²) in [5.41, 5.74) is 2.22. The van der Waals surface area contributed by atoms with Gasteiger partial charge in [0.05, 0.1) is 11.9 Å². The van der Waals surface area contributed by atoms with Crippen molar-refractivity contribution in [3.63, 3.8) is 0 Å². The standard InChI is InChI=1S/C29H33Cl2N3O4S/c1-3-32-29(36)27(20-22-8-5-4-6-9-22)33(21-23-11-13-24(30)14-12-23)28(35)10-7-19-34(39(2,37)38)26-17-15-25(31)16-18-26/h4-6,8-9,11-18,27H,3,7,10,19-21H2,1-2H3,(H,32,36). The average Bonchev–Trinajstić information content (AvgIpc) is 2.90. The first-order chi connectivity index (χ1) is 18.6. The summed E-state index contributed by atoms with van der Waals surface area (Å²) in [5.74, 6) is -0.496. The summed E-state index contributed by atoms with van der Waals surface area (Å²) in [6.45, 7) is 2.57. The summed E-state index contributed by atoms with van der Waals surface area (Å²) >= 11 is 12.0. The van der Waals surface area contributed by atoms with Crippen LogP contribution in [0.3, 0.4) is 0 Å². The minimum atomic E-state index is -3.59. The van der Waals surface area contributed by atoms with Crippen LogP contribution in [0.5, 0.6) is 0 Å². The molecule has 0 saturated carbocycles. The van der Waals surface area contributed by atoms with Gasteiger partial charge >= 0.3 is 0 Å². The fraction of sp³-hybridized carbons (Fsp3) is 0.310. The third kappa shape index (κ3) is 9.27. The second kappa shape index (κ2) is 14.4. The molecule has 0 aliphatic carbocycles. The van der Waals surface area contributed by atoms with Crippen molar-refractivity contribution in [2.45, 2.75) is 38.8 Å². The molecule has 0 bridgehead atoms. The molecule has 2 amide bonds. The Labute approximate surface area is 240 Å². The zero-order chi connectivity index (χ0) is 28.4. The molecule has 1 unspecified atom stereocenters. The number of hydrogen-bond acceptors (Lipinski definition) is 4. The van der Waals surface area contributed by atoms with E-state index in [1.165, 1.54) is 4.31 Å². The molecule has 0 radical (unpaired) electrons. The SMILES string of the molecule is CCNC(=O)C(Cc1ccccc1)N(Cc1ccc(Cl)cc1)C(=O)CCCN(c1ccc(Cl)cc1)S(C)(=O)=O. The molecule has 3 rings (SSSR count). The molecule has 208 valence electrons. The molecule has 3 aromatic carbocycles. The third-order valence-electron chi connectivity index (χ3n) is 6.16. The number of nitrogens with one attached hydrogen (secondary N) is 1. The van der Waals surface area contributed by atoms with Gasteiger partial charge < -0.3 is 10.2 Å². The monoisotopic (exact) mass is 589 g/mol. The molecule has 1 N–H and O–H groups in total. The Morgan fingerprint density at radius 3 is 2.03 bits per heavy atom. The molecule has 0 fully saturated rings. The van der Waals surface area contributed by atoms with Crippen LogP contribution in [0.4, 0.5) is 5.69 Å². The van der Waals surface area contributed by atoms with E-state index in [1.54, 1.807) is 41.3 Å². The van der Waals surface area contributed by atoms with Gasteiger partial charge in [-0.05, 0) is 60.9 Å². The lowest BCUT2D eigenvalue weighted by Crippen LogP contribution is -2.50. The average molecular weight is 591 g/mol.